The molecule has 7 nitrogen and oxygen atoms in total. The summed E-state index contributed by atoms with van der Waals surface area (Å²) in [6.07, 6.45) is 4.06. The van der Waals surface area contributed by atoms with Gasteiger partial charge in [-0.3, -0.25) is 9.89 Å². The average molecular weight is 387 g/mol. The van der Waals surface area contributed by atoms with E-state index in [0.717, 1.165) is 39.1 Å². The third-order valence-electron chi connectivity index (χ3n) is 5.85. The molecule has 7 heteroatoms. The summed E-state index contributed by atoms with van der Waals surface area (Å²) in [7, 11) is 1.71. The Hall–Kier alpha value is -3.45. The number of aliphatic hydroxyl groups is 1. The van der Waals surface area contributed by atoms with Crippen LogP contribution in [-0.4, -0.2) is 49.7 Å². The Balaban J connectivity index is 1.58. The summed E-state index contributed by atoms with van der Waals surface area (Å²) in [6.45, 7) is 2.56. The lowest BCUT2D eigenvalue weighted by molar-refractivity contribution is -0.143. The van der Waals surface area contributed by atoms with Crippen LogP contribution in [0.25, 0.3) is 33.5 Å². The number of carbonyl (C=O) groups is 1. The molecule has 0 bridgehead atoms. The Morgan fingerprint density at radius 2 is 2.10 bits per heavy atom. The molecule has 5 rings (SSSR count). The predicted octanol–water partition coefficient (Wildman–Crippen LogP) is 2.98. The van der Waals surface area contributed by atoms with Gasteiger partial charge in [-0.1, -0.05) is 18.2 Å². The van der Waals surface area contributed by atoms with E-state index in [1.807, 2.05) is 43.5 Å². The molecular weight excluding hydrogens is 366 g/mol. The first-order chi connectivity index (χ1) is 14.0. The topological polar surface area (TPSA) is 97.9 Å². The fourth-order valence-corrected chi connectivity index (χ4v) is 4.15. The third-order valence-corrected chi connectivity index (χ3v) is 5.85. The van der Waals surface area contributed by atoms with Crippen molar-refractivity contribution in [3.8, 4) is 22.5 Å². The summed E-state index contributed by atoms with van der Waals surface area (Å²) in [5.74, 6) is -0.261. The largest absolute Gasteiger partial charge is 0.375 e. The number of pyridine rings is 1. The van der Waals surface area contributed by atoms with Gasteiger partial charge in [0.15, 0.2) is 5.60 Å². The lowest BCUT2D eigenvalue weighted by atomic mass is 9.90. The highest BCUT2D eigenvalue weighted by atomic mass is 16.3. The lowest BCUT2D eigenvalue weighted by Gasteiger charge is -2.21. The molecular formula is C22H21N5O2. The van der Waals surface area contributed by atoms with Gasteiger partial charge in [-0.05, 0) is 30.7 Å². The fourth-order valence-electron chi connectivity index (χ4n) is 4.15. The van der Waals surface area contributed by atoms with E-state index in [0.29, 0.717) is 18.5 Å². The highest BCUT2D eigenvalue weighted by Crippen LogP contribution is 2.37. The molecule has 1 aliphatic heterocycles. The number of likely N-dealkylation sites (tertiary alicyclic amines) is 1. The first-order valence-electron chi connectivity index (χ1n) is 9.55. The van der Waals surface area contributed by atoms with Gasteiger partial charge in [0.1, 0.15) is 5.65 Å². The number of benzene rings is 1. The van der Waals surface area contributed by atoms with Crippen molar-refractivity contribution in [2.75, 3.05) is 13.6 Å². The minimum absolute atomic E-state index is 0.261. The number of carbonyl (C=O) groups excluding carboxylic acids is 1. The van der Waals surface area contributed by atoms with Gasteiger partial charge < -0.3 is 15.0 Å². The fraction of sp³-hybridized carbons (Fsp3) is 0.227. The van der Waals surface area contributed by atoms with E-state index in [4.69, 9.17) is 0 Å². The molecule has 3 aromatic heterocycles. The first-order valence-corrected chi connectivity index (χ1v) is 9.55. The highest BCUT2D eigenvalue weighted by Gasteiger charge is 2.45. The van der Waals surface area contributed by atoms with E-state index in [1.54, 1.807) is 24.2 Å². The van der Waals surface area contributed by atoms with Gasteiger partial charge in [-0.25, -0.2) is 4.98 Å². The van der Waals surface area contributed by atoms with Crippen molar-refractivity contribution >= 4 is 16.9 Å². The van der Waals surface area contributed by atoms with Gasteiger partial charge in [0, 0.05) is 54.5 Å². The summed E-state index contributed by atoms with van der Waals surface area (Å²) < 4.78 is 0. The first kappa shape index (κ1) is 17.6. The van der Waals surface area contributed by atoms with E-state index in [9.17, 15) is 9.90 Å². The van der Waals surface area contributed by atoms with Crippen molar-refractivity contribution < 1.29 is 9.90 Å². The second-order valence-electron chi connectivity index (χ2n) is 7.59. The second kappa shape index (κ2) is 6.28. The summed E-state index contributed by atoms with van der Waals surface area (Å²) in [6, 6.07) is 11.4. The van der Waals surface area contributed by atoms with Crippen molar-refractivity contribution in [3.05, 3.63) is 59.9 Å². The summed E-state index contributed by atoms with van der Waals surface area (Å²) in [5, 5.41) is 19.7. The van der Waals surface area contributed by atoms with Crippen molar-refractivity contribution in [2.24, 2.45) is 0 Å². The molecule has 1 amide bonds. The SMILES string of the molecule is Cc1c(-c2c[nH]c3ncccc23)n[nH]c1-c1cccc([C@]2(O)CCN(C)C2=O)c1. The zero-order valence-corrected chi connectivity index (χ0v) is 16.2. The molecule has 0 saturated carbocycles. The predicted molar refractivity (Wildman–Crippen MR) is 110 cm³/mol. The number of nitrogens with one attached hydrogen (secondary N) is 2. The molecule has 0 aliphatic carbocycles. The van der Waals surface area contributed by atoms with Crippen LogP contribution in [-0.2, 0) is 10.4 Å². The molecule has 4 aromatic rings. The van der Waals surface area contributed by atoms with Crippen LogP contribution in [0.3, 0.4) is 0 Å². The maximum Gasteiger partial charge on any atom is 0.258 e. The standard InChI is InChI=1S/C22H21N5O2/c1-13-18(25-26-19(13)17-12-24-20-16(17)7-4-9-23-20)14-5-3-6-15(11-14)22(29)8-10-27(2)21(22)28/h3-7,9,11-12,29H,8,10H2,1-2H3,(H,23,24)(H,25,26)/t22-/m1/s1. The zero-order valence-electron chi connectivity index (χ0n) is 16.2. The van der Waals surface area contributed by atoms with Crippen LogP contribution < -0.4 is 0 Å². The van der Waals surface area contributed by atoms with E-state index in [1.165, 1.54) is 0 Å². The van der Waals surface area contributed by atoms with Gasteiger partial charge in [0.2, 0.25) is 0 Å². The van der Waals surface area contributed by atoms with Crippen molar-refractivity contribution in [1.82, 2.24) is 25.1 Å². The van der Waals surface area contributed by atoms with Crippen LogP contribution in [0.5, 0.6) is 0 Å². The number of aromatic amines is 2. The van der Waals surface area contributed by atoms with Crippen LogP contribution in [0.4, 0.5) is 0 Å². The number of hydrogen-bond acceptors (Lipinski definition) is 4. The second-order valence-corrected chi connectivity index (χ2v) is 7.59. The monoisotopic (exact) mass is 387 g/mol. The smallest absolute Gasteiger partial charge is 0.258 e. The molecule has 4 heterocycles. The van der Waals surface area contributed by atoms with Gasteiger partial charge in [0.05, 0.1) is 11.4 Å². The number of likely N-dealkylation sites (N-methyl/N-ethyl adjacent to an activating group) is 1. The molecule has 1 aromatic carbocycles. The van der Waals surface area contributed by atoms with Gasteiger partial charge >= 0.3 is 0 Å². The molecule has 3 N–H and O–H groups in total. The van der Waals surface area contributed by atoms with Crippen molar-refractivity contribution in [2.45, 2.75) is 18.9 Å². The number of amides is 1. The van der Waals surface area contributed by atoms with Gasteiger partial charge in [-0.15, -0.1) is 0 Å². The number of hydrogen-bond donors (Lipinski definition) is 3. The molecule has 1 saturated heterocycles. The lowest BCUT2D eigenvalue weighted by Crippen LogP contribution is -2.36. The summed E-state index contributed by atoms with van der Waals surface area (Å²) in [5.41, 5.74) is 4.53. The normalized spacial score (nSPS) is 19.4. The quantitative estimate of drug-likeness (QED) is 0.503. The van der Waals surface area contributed by atoms with Crippen LogP contribution in [0.1, 0.15) is 17.5 Å². The number of rotatable bonds is 3. The third kappa shape index (κ3) is 2.58. The van der Waals surface area contributed by atoms with Crippen LogP contribution in [0.2, 0.25) is 0 Å². The Kier molecular flexibility index (Phi) is 3.82. The van der Waals surface area contributed by atoms with Crippen LogP contribution >= 0.6 is 0 Å². The number of nitrogens with zero attached hydrogens (tertiary/aromatic N) is 3. The number of H-pyrrole nitrogens is 2. The van der Waals surface area contributed by atoms with E-state index >= 15 is 0 Å². The molecule has 0 unspecified atom stereocenters. The van der Waals surface area contributed by atoms with E-state index in [2.05, 4.69) is 20.2 Å². The molecule has 146 valence electrons. The Labute approximate surface area is 167 Å². The maximum absolute atomic E-state index is 12.5. The Bertz CT molecular complexity index is 1240. The number of fused-ring (bicyclic) bond motifs is 1. The van der Waals surface area contributed by atoms with Crippen molar-refractivity contribution in [1.29, 1.82) is 0 Å². The Morgan fingerprint density at radius 1 is 1.24 bits per heavy atom. The molecule has 1 fully saturated rings. The average Bonchev–Trinajstić information content (AvgIpc) is 3.41. The molecule has 1 atom stereocenters. The summed E-state index contributed by atoms with van der Waals surface area (Å²) >= 11 is 0. The van der Waals surface area contributed by atoms with Crippen LogP contribution in [0.15, 0.2) is 48.8 Å². The molecule has 1 aliphatic rings. The minimum atomic E-state index is -1.47. The van der Waals surface area contributed by atoms with Gasteiger partial charge in [-0.2, -0.15) is 5.10 Å². The molecule has 0 spiro atoms. The summed E-state index contributed by atoms with van der Waals surface area (Å²) in [4.78, 5) is 21.6. The zero-order chi connectivity index (χ0) is 20.2. The maximum atomic E-state index is 12.5. The van der Waals surface area contributed by atoms with Crippen LogP contribution in [0, 0.1) is 6.92 Å². The molecule has 0 radical (unpaired) electrons. The van der Waals surface area contributed by atoms with E-state index < -0.39 is 5.60 Å². The number of aromatic nitrogens is 4. The minimum Gasteiger partial charge on any atom is -0.375 e. The highest BCUT2D eigenvalue weighted by molar-refractivity contribution is 5.94. The Morgan fingerprint density at radius 3 is 2.90 bits per heavy atom. The van der Waals surface area contributed by atoms with E-state index in [-0.39, 0.29) is 5.91 Å². The van der Waals surface area contributed by atoms with Crippen molar-refractivity contribution in [3.63, 3.8) is 0 Å². The molecule has 29 heavy (non-hydrogen) atoms. The van der Waals surface area contributed by atoms with Gasteiger partial charge in [0.25, 0.3) is 5.91 Å².